The minimum absolute atomic E-state index is 0.0581. The summed E-state index contributed by atoms with van der Waals surface area (Å²) in [6.07, 6.45) is 3.52. The first kappa shape index (κ1) is 14.8. The molecule has 1 aromatic heterocycles. The highest BCUT2D eigenvalue weighted by atomic mass is 19.1. The number of anilines is 1. The number of nitrogens with one attached hydrogen (secondary N) is 2. The minimum atomic E-state index is -0.578. The number of rotatable bonds is 4. The van der Waals surface area contributed by atoms with Crippen molar-refractivity contribution in [2.45, 2.75) is 39.7 Å². The van der Waals surface area contributed by atoms with Gasteiger partial charge in [0, 0.05) is 18.8 Å². The summed E-state index contributed by atoms with van der Waals surface area (Å²) in [6.45, 7) is 6.74. The summed E-state index contributed by atoms with van der Waals surface area (Å²) in [5, 5.41) is 5.77. The topological polar surface area (TPSA) is 54.0 Å². The highest BCUT2D eigenvalue weighted by Gasteiger charge is 2.31. The van der Waals surface area contributed by atoms with Gasteiger partial charge in [0.25, 0.3) is 5.91 Å². The average Bonchev–Trinajstić information content (AvgIpc) is 2.73. The van der Waals surface area contributed by atoms with Crippen molar-refractivity contribution >= 4 is 11.7 Å². The van der Waals surface area contributed by atoms with Crippen LogP contribution in [0.1, 0.15) is 44.0 Å². The van der Waals surface area contributed by atoms with Gasteiger partial charge in [0.05, 0.1) is 5.56 Å². The Morgan fingerprint density at radius 2 is 2.20 bits per heavy atom. The van der Waals surface area contributed by atoms with E-state index in [1.807, 2.05) is 6.92 Å². The average molecular weight is 279 g/mol. The summed E-state index contributed by atoms with van der Waals surface area (Å²) >= 11 is 0. The number of halogens is 1. The first-order chi connectivity index (χ1) is 9.54. The summed E-state index contributed by atoms with van der Waals surface area (Å²) in [4.78, 5) is 16.1. The number of hydrogen-bond acceptors (Lipinski definition) is 3. The van der Waals surface area contributed by atoms with Crippen molar-refractivity contribution in [1.29, 1.82) is 0 Å². The first-order valence-corrected chi connectivity index (χ1v) is 7.23. The second kappa shape index (κ2) is 6.20. The lowest BCUT2D eigenvalue weighted by Crippen LogP contribution is -2.37. The molecule has 3 atom stereocenters. The Bertz CT molecular complexity index is 492. The lowest BCUT2D eigenvalue weighted by molar-refractivity contribution is 0.0923. The molecule has 1 aliphatic rings. The summed E-state index contributed by atoms with van der Waals surface area (Å²) in [6, 6.07) is 1.56. The Labute approximate surface area is 119 Å². The molecule has 1 amide bonds. The van der Waals surface area contributed by atoms with Crippen molar-refractivity contribution in [1.82, 2.24) is 10.3 Å². The van der Waals surface area contributed by atoms with Crippen LogP contribution in [-0.2, 0) is 0 Å². The van der Waals surface area contributed by atoms with E-state index in [1.54, 1.807) is 0 Å². The van der Waals surface area contributed by atoms with Gasteiger partial charge in [-0.05, 0) is 37.7 Å². The van der Waals surface area contributed by atoms with Crippen LogP contribution < -0.4 is 10.6 Å². The van der Waals surface area contributed by atoms with Gasteiger partial charge in [-0.15, -0.1) is 0 Å². The maximum absolute atomic E-state index is 14.2. The molecule has 110 valence electrons. The van der Waals surface area contributed by atoms with Crippen molar-refractivity contribution in [3.05, 3.63) is 23.6 Å². The molecule has 0 spiro atoms. The van der Waals surface area contributed by atoms with E-state index < -0.39 is 5.82 Å². The van der Waals surface area contributed by atoms with Gasteiger partial charge in [-0.3, -0.25) is 4.79 Å². The Morgan fingerprint density at radius 1 is 1.45 bits per heavy atom. The number of carbonyl (C=O) groups is 1. The van der Waals surface area contributed by atoms with Gasteiger partial charge < -0.3 is 10.6 Å². The van der Waals surface area contributed by atoms with Gasteiger partial charge in [0.2, 0.25) is 0 Å². The van der Waals surface area contributed by atoms with E-state index in [1.165, 1.54) is 12.3 Å². The molecule has 2 rings (SSSR count). The van der Waals surface area contributed by atoms with Crippen LogP contribution in [0, 0.1) is 17.7 Å². The first-order valence-electron chi connectivity index (χ1n) is 7.23. The van der Waals surface area contributed by atoms with Crippen LogP contribution in [0.5, 0.6) is 0 Å². The van der Waals surface area contributed by atoms with Gasteiger partial charge in [0.1, 0.15) is 0 Å². The monoisotopic (exact) mass is 279 g/mol. The van der Waals surface area contributed by atoms with Gasteiger partial charge in [-0.25, -0.2) is 9.37 Å². The Morgan fingerprint density at radius 3 is 2.80 bits per heavy atom. The van der Waals surface area contributed by atoms with Gasteiger partial charge in [0.15, 0.2) is 11.6 Å². The van der Waals surface area contributed by atoms with E-state index in [0.29, 0.717) is 18.4 Å². The Hall–Kier alpha value is -1.65. The van der Waals surface area contributed by atoms with Crippen LogP contribution in [0.25, 0.3) is 0 Å². The van der Waals surface area contributed by atoms with Crippen molar-refractivity contribution in [2.24, 2.45) is 11.8 Å². The van der Waals surface area contributed by atoms with E-state index in [-0.39, 0.29) is 23.3 Å². The maximum atomic E-state index is 14.2. The highest BCUT2D eigenvalue weighted by Crippen LogP contribution is 2.31. The molecular formula is C15H22FN3O. The standard InChI is InChI=1S/C15H22FN3O/c1-4-17-14-13(16)11(7-8-18-14)15(20)19-12-6-5-9(2)10(12)3/h7-10,12H,4-6H2,1-3H3,(H,17,18)(H,19,20). The van der Waals surface area contributed by atoms with Crippen LogP contribution in [0.4, 0.5) is 10.2 Å². The van der Waals surface area contributed by atoms with Crippen molar-refractivity contribution < 1.29 is 9.18 Å². The molecule has 3 unspecified atom stereocenters. The SMILES string of the molecule is CCNc1nccc(C(=O)NC2CCC(C)C2C)c1F. The molecule has 5 heteroatoms. The fraction of sp³-hybridized carbons (Fsp3) is 0.600. The summed E-state index contributed by atoms with van der Waals surface area (Å²) in [7, 11) is 0. The molecule has 1 aliphatic carbocycles. The van der Waals surface area contributed by atoms with E-state index >= 15 is 0 Å². The molecule has 0 radical (unpaired) electrons. The van der Waals surface area contributed by atoms with E-state index in [9.17, 15) is 9.18 Å². The molecule has 1 saturated carbocycles. The molecule has 1 heterocycles. The predicted octanol–water partition coefficient (Wildman–Crippen LogP) is 2.82. The molecule has 1 fully saturated rings. The number of pyridine rings is 1. The normalized spacial score (nSPS) is 25.5. The van der Waals surface area contributed by atoms with Gasteiger partial charge in [-0.2, -0.15) is 0 Å². The Kier molecular flexibility index (Phi) is 4.57. The molecular weight excluding hydrogens is 257 g/mol. The van der Waals surface area contributed by atoms with Crippen molar-refractivity contribution in [2.75, 3.05) is 11.9 Å². The lowest BCUT2D eigenvalue weighted by atomic mass is 9.97. The van der Waals surface area contributed by atoms with Gasteiger partial charge >= 0.3 is 0 Å². The molecule has 4 nitrogen and oxygen atoms in total. The quantitative estimate of drug-likeness (QED) is 0.891. The number of hydrogen-bond donors (Lipinski definition) is 2. The molecule has 0 aliphatic heterocycles. The zero-order valence-electron chi connectivity index (χ0n) is 12.2. The molecule has 2 N–H and O–H groups in total. The predicted molar refractivity (Wildman–Crippen MR) is 77.2 cm³/mol. The smallest absolute Gasteiger partial charge is 0.254 e. The highest BCUT2D eigenvalue weighted by molar-refractivity contribution is 5.95. The van der Waals surface area contributed by atoms with Crippen LogP contribution in [-0.4, -0.2) is 23.5 Å². The second-order valence-electron chi connectivity index (χ2n) is 5.55. The summed E-state index contributed by atoms with van der Waals surface area (Å²) < 4.78 is 14.2. The lowest BCUT2D eigenvalue weighted by Gasteiger charge is -2.20. The zero-order valence-corrected chi connectivity index (χ0v) is 12.2. The minimum Gasteiger partial charge on any atom is -0.368 e. The third-order valence-electron chi connectivity index (χ3n) is 4.26. The number of carbonyl (C=O) groups excluding carboxylic acids is 1. The summed E-state index contributed by atoms with van der Waals surface area (Å²) in [5.74, 6) is 0.227. The van der Waals surface area contributed by atoms with Crippen LogP contribution in [0.3, 0.4) is 0 Å². The van der Waals surface area contributed by atoms with Crippen molar-refractivity contribution in [3.8, 4) is 0 Å². The van der Waals surface area contributed by atoms with Crippen LogP contribution >= 0.6 is 0 Å². The Balaban J connectivity index is 2.11. The third kappa shape index (κ3) is 2.92. The largest absolute Gasteiger partial charge is 0.368 e. The zero-order chi connectivity index (χ0) is 14.7. The van der Waals surface area contributed by atoms with E-state index in [2.05, 4.69) is 29.5 Å². The number of aromatic nitrogens is 1. The fourth-order valence-electron chi connectivity index (χ4n) is 2.72. The maximum Gasteiger partial charge on any atom is 0.254 e. The fourth-order valence-corrected chi connectivity index (χ4v) is 2.72. The van der Waals surface area contributed by atoms with Crippen molar-refractivity contribution in [3.63, 3.8) is 0 Å². The molecule has 0 saturated heterocycles. The van der Waals surface area contributed by atoms with E-state index in [0.717, 1.165) is 12.8 Å². The number of amides is 1. The number of nitrogens with zero attached hydrogens (tertiary/aromatic N) is 1. The second-order valence-corrected chi connectivity index (χ2v) is 5.55. The van der Waals surface area contributed by atoms with E-state index in [4.69, 9.17) is 0 Å². The molecule has 1 aromatic rings. The summed E-state index contributed by atoms with van der Waals surface area (Å²) in [5.41, 5.74) is 0.0581. The molecule has 0 bridgehead atoms. The van der Waals surface area contributed by atoms with Crippen LogP contribution in [0.2, 0.25) is 0 Å². The van der Waals surface area contributed by atoms with Gasteiger partial charge in [-0.1, -0.05) is 13.8 Å². The molecule has 0 aromatic carbocycles. The molecule has 20 heavy (non-hydrogen) atoms. The van der Waals surface area contributed by atoms with Crippen LogP contribution in [0.15, 0.2) is 12.3 Å². The third-order valence-corrected chi connectivity index (χ3v) is 4.26.